The van der Waals surface area contributed by atoms with Crippen LogP contribution < -0.4 is 19.5 Å². The minimum Gasteiger partial charge on any atom is -0.493 e. The van der Waals surface area contributed by atoms with E-state index in [0.717, 1.165) is 25.7 Å². The van der Waals surface area contributed by atoms with Gasteiger partial charge in [-0.25, -0.2) is 0 Å². The molecule has 0 heterocycles. The summed E-state index contributed by atoms with van der Waals surface area (Å²) in [5, 5.41) is 12.8. The number of rotatable bonds is 5. The molecule has 1 amide bonds. The molecule has 0 aliphatic heterocycles. The molecule has 0 radical (unpaired) electrons. The van der Waals surface area contributed by atoms with Crippen LogP contribution in [-0.2, 0) is 0 Å². The van der Waals surface area contributed by atoms with Crippen molar-refractivity contribution in [1.29, 1.82) is 0 Å². The fourth-order valence-corrected chi connectivity index (χ4v) is 2.74. The first-order valence-electron chi connectivity index (χ1n) is 7.39. The number of carbonyl (C=O) groups excluding carboxylic acids is 1. The monoisotopic (exact) mass is 309 g/mol. The van der Waals surface area contributed by atoms with Gasteiger partial charge in [0.15, 0.2) is 11.5 Å². The molecule has 6 heteroatoms. The van der Waals surface area contributed by atoms with Crippen molar-refractivity contribution in [2.75, 3.05) is 21.3 Å². The highest BCUT2D eigenvalue weighted by atomic mass is 16.5. The van der Waals surface area contributed by atoms with Crippen LogP contribution in [0.5, 0.6) is 17.2 Å². The molecule has 1 aromatic rings. The number of nitrogens with one attached hydrogen (secondary N) is 1. The quantitative estimate of drug-likeness (QED) is 0.866. The Morgan fingerprint density at radius 3 is 2.18 bits per heavy atom. The zero-order chi connectivity index (χ0) is 16.1. The molecule has 0 aromatic heterocycles. The number of aliphatic hydroxyl groups is 1. The molecule has 122 valence electrons. The third-order valence-electron chi connectivity index (χ3n) is 3.97. The van der Waals surface area contributed by atoms with E-state index < -0.39 is 6.10 Å². The van der Waals surface area contributed by atoms with Crippen molar-refractivity contribution in [3.63, 3.8) is 0 Å². The summed E-state index contributed by atoms with van der Waals surface area (Å²) >= 11 is 0. The fourth-order valence-electron chi connectivity index (χ4n) is 2.74. The van der Waals surface area contributed by atoms with E-state index in [-0.39, 0.29) is 11.9 Å². The Labute approximate surface area is 130 Å². The van der Waals surface area contributed by atoms with Crippen molar-refractivity contribution in [3.05, 3.63) is 17.7 Å². The van der Waals surface area contributed by atoms with Crippen molar-refractivity contribution in [2.24, 2.45) is 0 Å². The SMILES string of the molecule is COc1cc(C(=O)NC2CCCCC2O)cc(OC)c1OC. The van der Waals surface area contributed by atoms with E-state index in [4.69, 9.17) is 14.2 Å². The van der Waals surface area contributed by atoms with Gasteiger partial charge in [0.2, 0.25) is 5.75 Å². The van der Waals surface area contributed by atoms with Gasteiger partial charge in [-0.1, -0.05) is 12.8 Å². The van der Waals surface area contributed by atoms with Crippen molar-refractivity contribution >= 4 is 5.91 Å². The summed E-state index contributed by atoms with van der Waals surface area (Å²) in [7, 11) is 4.52. The molecule has 1 fully saturated rings. The van der Waals surface area contributed by atoms with Gasteiger partial charge in [-0.15, -0.1) is 0 Å². The number of ether oxygens (including phenoxy) is 3. The predicted octanol–water partition coefficient (Wildman–Crippen LogP) is 1.75. The minimum absolute atomic E-state index is 0.208. The van der Waals surface area contributed by atoms with Gasteiger partial charge in [0.1, 0.15) is 0 Å². The maximum Gasteiger partial charge on any atom is 0.251 e. The molecule has 1 aliphatic rings. The van der Waals surface area contributed by atoms with Crippen LogP contribution in [0.25, 0.3) is 0 Å². The van der Waals surface area contributed by atoms with Gasteiger partial charge in [-0.2, -0.15) is 0 Å². The minimum atomic E-state index is -0.486. The van der Waals surface area contributed by atoms with Gasteiger partial charge in [0.05, 0.1) is 33.5 Å². The largest absolute Gasteiger partial charge is 0.493 e. The summed E-state index contributed by atoms with van der Waals surface area (Å²) < 4.78 is 15.7. The lowest BCUT2D eigenvalue weighted by atomic mass is 9.92. The normalized spacial score (nSPS) is 21.1. The number of carbonyl (C=O) groups is 1. The number of benzene rings is 1. The molecule has 1 aromatic carbocycles. The summed E-state index contributed by atoms with van der Waals surface area (Å²) in [6.45, 7) is 0. The van der Waals surface area contributed by atoms with E-state index in [9.17, 15) is 9.90 Å². The molecular formula is C16H23NO5. The molecule has 2 atom stereocenters. The lowest BCUT2D eigenvalue weighted by molar-refractivity contribution is 0.0717. The van der Waals surface area contributed by atoms with E-state index in [2.05, 4.69) is 5.32 Å². The highest BCUT2D eigenvalue weighted by Gasteiger charge is 2.26. The number of aliphatic hydroxyl groups excluding tert-OH is 1. The first kappa shape index (κ1) is 16.4. The Morgan fingerprint density at radius 2 is 1.68 bits per heavy atom. The Kier molecular flexibility index (Phi) is 5.49. The van der Waals surface area contributed by atoms with Crippen LogP contribution in [0.2, 0.25) is 0 Å². The predicted molar refractivity (Wildman–Crippen MR) is 81.8 cm³/mol. The first-order chi connectivity index (χ1) is 10.6. The fraction of sp³-hybridized carbons (Fsp3) is 0.562. The summed E-state index contributed by atoms with van der Waals surface area (Å²) in [5.41, 5.74) is 0.410. The van der Waals surface area contributed by atoms with Crippen LogP contribution in [0.1, 0.15) is 36.0 Å². The highest BCUT2D eigenvalue weighted by molar-refractivity contribution is 5.95. The van der Waals surface area contributed by atoms with Gasteiger partial charge in [-0.3, -0.25) is 4.79 Å². The lowest BCUT2D eigenvalue weighted by Gasteiger charge is -2.28. The molecule has 6 nitrogen and oxygen atoms in total. The second-order valence-corrected chi connectivity index (χ2v) is 5.35. The van der Waals surface area contributed by atoms with Crippen LogP contribution in [0.3, 0.4) is 0 Å². The van der Waals surface area contributed by atoms with Gasteiger partial charge < -0.3 is 24.6 Å². The van der Waals surface area contributed by atoms with Crippen LogP contribution >= 0.6 is 0 Å². The van der Waals surface area contributed by atoms with Gasteiger partial charge >= 0.3 is 0 Å². The third-order valence-corrected chi connectivity index (χ3v) is 3.97. The lowest BCUT2D eigenvalue weighted by Crippen LogP contribution is -2.45. The molecule has 0 bridgehead atoms. The van der Waals surface area contributed by atoms with E-state index in [1.807, 2.05) is 0 Å². The Bertz CT molecular complexity index is 506. The molecule has 1 saturated carbocycles. The molecule has 2 unspecified atom stereocenters. The van der Waals surface area contributed by atoms with Gasteiger partial charge in [-0.05, 0) is 25.0 Å². The van der Waals surface area contributed by atoms with Crippen LogP contribution in [0.15, 0.2) is 12.1 Å². The highest BCUT2D eigenvalue weighted by Crippen LogP contribution is 2.38. The number of amides is 1. The van der Waals surface area contributed by atoms with Crippen LogP contribution in [0, 0.1) is 0 Å². The van der Waals surface area contributed by atoms with Crippen molar-refractivity contribution in [2.45, 2.75) is 37.8 Å². The summed E-state index contributed by atoms with van der Waals surface area (Å²) in [4.78, 5) is 12.4. The van der Waals surface area contributed by atoms with Crippen molar-refractivity contribution < 1.29 is 24.1 Å². The summed E-state index contributed by atoms with van der Waals surface area (Å²) in [6, 6.07) is 3.00. The molecule has 1 aliphatic carbocycles. The second kappa shape index (κ2) is 7.35. The first-order valence-corrected chi connectivity index (χ1v) is 7.39. The number of hydrogen-bond acceptors (Lipinski definition) is 5. The standard InChI is InChI=1S/C16H23NO5/c1-20-13-8-10(9-14(21-2)15(13)22-3)16(19)17-11-6-4-5-7-12(11)18/h8-9,11-12,18H,4-7H2,1-3H3,(H,17,19). The van der Waals surface area contributed by atoms with E-state index in [1.54, 1.807) is 12.1 Å². The molecule has 0 spiro atoms. The zero-order valence-corrected chi connectivity index (χ0v) is 13.2. The average molecular weight is 309 g/mol. The molecular weight excluding hydrogens is 286 g/mol. The summed E-state index contributed by atoms with van der Waals surface area (Å²) in [6.07, 6.45) is 3.03. The van der Waals surface area contributed by atoms with Crippen molar-refractivity contribution in [3.8, 4) is 17.2 Å². The maximum absolute atomic E-state index is 12.4. The Hall–Kier alpha value is -1.95. The van der Waals surface area contributed by atoms with Crippen molar-refractivity contribution in [1.82, 2.24) is 5.32 Å². The Morgan fingerprint density at radius 1 is 1.09 bits per heavy atom. The van der Waals surface area contributed by atoms with E-state index in [1.165, 1.54) is 21.3 Å². The summed E-state index contributed by atoms with van der Waals surface area (Å²) in [5.74, 6) is 1.04. The molecule has 2 N–H and O–H groups in total. The van der Waals surface area contributed by atoms with E-state index >= 15 is 0 Å². The van der Waals surface area contributed by atoms with Gasteiger partial charge in [0.25, 0.3) is 5.91 Å². The average Bonchev–Trinajstić information content (AvgIpc) is 2.55. The Balaban J connectivity index is 2.21. The number of hydrogen-bond donors (Lipinski definition) is 2. The maximum atomic E-state index is 12.4. The molecule has 0 saturated heterocycles. The second-order valence-electron chi connectivity index (χ2n) is 5.35. The smallest absolute Gasteiger partial charge is 0.251 e. The number of methoxy groups -OCH3 is 3. The third kappa shape index (κ3) is 3.44. The van der Waals surface area contributed by atoms with Gasteiger partial charge in [0, 0.05) is 5.56 Å². The van der Waals surface area contributed by atoms with Crippen LogP contribution in [0.4, 0.5) is 0 Å². The topological polar surface area (TPSA) is 77.0 Å². The molecule has 22 heavy (non-hydrogen) atoms. The van der Waals surface area contributed by atoms with Crippen LogP contribution in [-0.4, -0.2) is 44.5 Å². The molecule has 2 rings (SSSR count). The van der Waals surface area contributed by atoms with E-state index in [0.29, 0.717) is 22.8 Å². The zero-order valence-electron chi connectivity index (χ0n) is 13.2.